The van der Waals surface area contributed by atoms with E-state index < -0.39 is 0 Å². The Bertz CT molecular complexity index is 1210. The SMILES string of the molecule is Cc1cc(C)c(B(c2c(C)cc(C)cc2C)c2cccc3cccc(N(C)C)c23)c(C)c1. The Morgan fingerprint density at radius 3 is 1.47 bits per heavy atom. The normalized spacial score (nSPS) is 11.1. The van der Waals surface area contributed by atoms with Gasteiger partial charge >= 0.3 is 0 Å². The number of nitrogens with zero attached hydrogens (tertiary/aromatic N) is 1. The number of aryl methyl sites for hydroxylation is 6. The molecular formula is C30H34BN. The summed E-state index contributed by atoms with van der Waals surface area (Å²) in [6, 6.07) is 22.8. The molecule has 0 amide bonds. The number of fused-ring (bicyclic) bond motifs is 1. The summed E-state index contributed by atoms with van der Waals surface area (Å²) in [5, 5.41) is 2.65. The van der Waals surface area contributed by atoms with E-state index in [-0.39, 0.29) is 6.71 Å². The van der Waals surface area contributed by atoms with Crippen LogP contribution in [0.25, 0.3) is 10.8 Å². The van der Waals surface area contributed by atoms with Gasteiger partial charge < -0.3 is 4.90 Å². The first-order valence-electron chi connectivity index (χ1n) is 11.5. The molecule has 0 aromatic heterocycles. The Morgan fingerprint density at radius 1 is 0.594 bits per heavy atom. The van der Waals surface area contributed by atoms with Crippen LogP contribution in [-0.4, -0.2) is 20.8 Å². The van der Waals surface area contributed by atoms with Crippen LogP contribution in [0.15, 0.2) is 60.7 Å². The number of benzene rings is 4. The first kappa shape index (κ1) is 22.2. The molecule has 0 aliphatic heterocycles. The molecule has 0 N–H and O–H groups in total. The smallest absolute Gasteiger partial charge is 0.243 e. The Labute approximate surface area is 194 Å². The summed E-state index contributed by atoms with van der Waals surface area (Å²) in [4.78, 5) is 2.24. The van der Waals surface area contributed by atoms with Gasteiger partial charge in [0.1, 0.15) is 0 Å². The Balaban J connectivity index is 2.17. The third-order valence-corrected chi connectivity index (χ3v) is 6.76. The minimum atomic E-state index is 0.181. The van der Waals surface area contributed by atoms with Gasteiger partial charge in [-0.25, -0.2) is 0 Å². The van der Waals surface area contributed by atoms with Crippen LogP contribution in [-0.2, 0) is 0 Å². The molecule has 0 atom stereocenters. The van der Waals surface area contributed by atoms with Crippen molar-refractivity contribution in [3.05, 3.63) is 94.0 Å². The van der Waals surface area contributed by atoms with Crippen molar-refractivity contribution in [2.75, 3.05) is 19.0 Å². The maximum atomic E-state index is 2.34. The van der Waals surface area contributed by atoms with Gasteiger partial charge in [-0.15, -0.1) is 0 Å². The van der Waals surface area contributed by atoms with Crippen molar-refractivity contribution in [1.82, 2.24) is 0 Å². The minimum absolute atomic E-state index is 0.181. The molecule has 4 aromatic rings. The van der Waals surface area contributed by atoms with E-state index in [0.717, 1.165) is 0 Å². The van der Waals surface area contributed by atoms with Crippen LogP contribution < -0.4 is 21.3 Å². The molecule has 0 aliphatic rings. The van der Waals surface area contributed by atoms with Gasteiger partial charge in [0.05, 0.1) is 0 Å². The summed E-state index contributed by atoms with van der Waals surface area (Å²) in [6.45, 7) is 13.7. The quantitative estimate of drug-likeness (QED) is 0.407. The fourth-order valence-electron chi connectivity index (χ4n) is 5.71. The van der Waals surface area contributed by atoms with Gasteiger partial charge in [-0.1, -0.05) is 104 Å². The van der Waals surface area contributed by atoms with Crippen LogP contribution in [0.1, 0.15) is 33.4 Å². The van der Waals surface area contributed by atoms with E-state index >= 15 is 0 Å². The molecule has 162 valence electrons. The molecule has 0 saturated carbocycles. The molecule has 4 rings (SSSR count). The topological polar surface area (TPSA) is 3.24 Å². The monoisotopic (exact) mass is 419 g/mol. The van der Waals surface area contributed by atoms with Crippen molar-refractivity contribution < 1.29 is 0 Å². The summed E-state index contributed by atoms with van der Waals surface area (Å²) >= 11 is 0. The number of anilines is 1. The number of hydrogen-bond donors (Lipinski definition) is 0. The van der Waals surface area contributed by atoms with Crippen molar-refractivity contribution in [2.45, 2.75) is 41.5 Å². The Kier molecular flexibility index (Phi) is 5.90. The molecular weight excluding hydrogens is 385 g/mol. The highest BCUT2D eigenvalue weighted by Crippen LogP contribution is 2.25. The molecule has 32 heavy (non-hydrogen) atoms. The fourth-order valence-corrected chi connectivity index (χ4v) is 5.71. The van der Waals surface area contributed by atoms with Crippen molar-refractivity contribution in [3.8, 4) is 0 Å². The summed E-state index contributed by atoms with van der Waals surface area (Å²) in [5.74, 6) is 0. The third kappa shape index (κ3) is 3.84. The van der Waals surface area contributed by atoms with Gasteiger partial charge in [-0.3, -0.25) is 0 Å². The summed E-state index contributed by atoms with van der Waals surface area (Å²) in [7, 11) is 4.29. The lowest BCUT2D eigenvalue weighted by Gasteiger charge is -2.27. The highest BCUT2D eigenvalue weighted by Gasteiger charge is 2.30. The maximum Gasteiger partial charge on any atom is 0.243 e. The molecule has 0 unspecified atom stereocenters. The van der Waals surface area contributed by atoms with Crippen molar-refractivity contribution in [1.29, 1.82) is 0 Å². The molecule has 0 heterocycles. The first-order valence-corrected chi connectivity index (χ1v) is 11.5. The number of hydrogen-bond acceptors (Lipinski definition) is 1. The molecule has 1 nitrogen and oxygen atoms in total. The second kappa shape index (κ2) is 8.50. The number of rotatable bonds is 4. The van der Waals surface area contributed by atoms with E-state index in [1.165, 1.54) is 66.2 Å². The molecule has 4 aromatic carbocycles. The highest BCUT2D eigenvalue weighted by atomic mass is 15.1. The highest BCUT2D eigenvalue weighted by molar-refractivity contribution is 6.98. The van der Waals surface area contributed by atoms with Crippen molar-refractivity contribution in [2.24, 2.45) is 0 Å². The van der Waals surface area contributed by atoms with Gasteiger partial charge in [-0.2, -0.15) is 0 Å². The maximum absolute atomic E-state index is 2.34. The summed E-state index contributed by atoms with van der Waals surface area (Å²) < 4.78 is 0. The van der Waals surface area contributed by atoms with E-state index in [9.17, 15) is 0 Å². The van der Waals surface area contributed by atoms with Crippen LogP contribution in [0.3, 0.4) is 0 Å². The molecule has 0 saturated heterocycles. The van der Waals surface area contributed by atoms with Crippen LogP contribution in [0.5, 0.6) is 0 Å². The third-order valence-electron chi connectivity index (χ3n) is 6.76. The van der Waals surface area contributed by atoms with Crippen LogP contribution in [0, 0.1) is 41.5 Å². The van der Waals surface area contributed by atoms with Gasteiger partial charge in [-0.05, 0) is 53.0 Å². The van der Waals surface area contributed by atoms with E-state index in [4.69, 9.17) is 0 Å². The van der Waals surface area contributed by atoms with Crippen molar-refractivity contribution in [3.63, 3.8) is 0 Å². The van der Waals surface area contributed by atoms with E-state index in [1.807, 2.05) is 0 Å². The fraction of sp³-hybridized carbons (Fsp3) is 0.267. The second-order valence-corrected chi connectivity index (χ2v) is 9.67. The standard InChI is InChI=1S/C30H34BN/c1-19-15-21(3)29(22(4)16-19)31(30-23(5)17-20(2)18-24(30)6)26-13-9-11-25-12-10-14-27(28(25)26)32(7)8/h9-18H,1-8H3. The predicted molar refractivity (Wildman–Crippen MR) is 144 cm³/mol. The Hall–Kier alpha value is -3.00. The predicted octanol–water partition coefficient (Wildman–Crippen LogP) is 5.27. The lowest BCUT2D eigenvalue weighted by Crippen LogP contribution is -2.56. The van der Waals surface area contributed by atoms with Crippen LogP contribution >= 0.6 is 0 Å². The van der Waals surface area contributed by atoms with Gasteiger partial charge in [0.25, 0.3) is 0 Å². The van der Waals surface area contributed by atoms with Gasteiger partial charge in [0.15, 0.2) is 0 Å². The van der Waals surface area contributed by atoms with Crippen LogP contribution in [0.2, 0.25) is 0 Å². The zero-order valence-corrected chi connectivity index (χ0v) is 20.8. The summed E-state index contributed by atoms with van der Waals surface area (Å²) in [6.07, 6.45) is 0. The average Bonchev–Trinajstić information content (AvgIpc) is 2.70. The van der Waals surface area contributed by atoms with Gasteiger partial charge in [0.2, 0.25) is 6.71 Å². The minimum Gasteiger partial charge on any atom is -0.377 e. The molecule has 2 heteroatoms. The van der Waals surface area contributed by atoms with E-state index in [1.54, 1.807) is 0 Å². The lowest BCUT2D eigenvalue weighted by atomic mass is 9.33. The summed E-state index contributed by atoms with van der Waals surface area (Å²) in [5.41, 5.74) is 13.6. The second-order valence-electron chi connectivity index (χ2n) is 9.67. The molecule has 0 aliphatic carbocycles. The zero-order chi connectivity index (χ0) is 23.2. The Morgan fingerprint density at radius 2 is 1.03 bits per heavy atom. The largest absolute Gasteiger partial charge is 0.377 e. The molecule has 0 radical (unpaired) electrons. The average molecular weight is 419 g/mol. The van der Waals surface area contributed by atoms with Crippen LogP contribution in [0.4, 0.5) is 5.69 Å². The first-order chi connectivity index (χ1) is 15.2. The molecule has 0 bridgehead atoms. The van der Waals surface area contributed by atoms with E-state index in [2.05, 4.69) is 121 Å². The molecule has 0 spiro atoms. The van der Waals surface area contributed by atoms with E-state index in [0.29, 0.717) is 0 Å². The zero-order valence-electron chi connectivity index (χ0n) is 20.8. The van der Waals surface area contributed by atoms with Crippen molar-refractivity contribution >= 4 is 39.6 Å². The molecule has 0 fully saturated rings. The lowest BCUT2D eigenvalue weighted by molar-refractivity contribution is 1.14. The van der Waals surface area contributed by atoms with Gasteiger partial charge in [0, 0.05) is 25.2 Å².